The number of hydrogen-bond donors (Lipinski definition) is 2. The minimum Gasteiger partial charge on any atom is -0.478 e. The molecule has 0 spiro atoms. The molecule has 0 aliphatic rings. The van der Waals surface area contributed by atoms with Gasteiger partial charge in [0.05, 0.1) is 17.4 Å². The summed E-state index contributed by atoms with van der Waals surface area (Å²) >= 11 is 0. The van der Waals surface area contributed by atoms with E-state index in [2.05, 4.69) is 10.3 Å². The van der Waals surface area contributed by atoms with E-state index in [1.807, 2.05) is 0 Å². The van der Waals surface area contributed by atoms with Crippen molar-refractivity contribution in [1.29, 1.82) is 0 Å². The summed E-state index contributed by atoms with van der Waals surface area (Å²) in [5.41, 5.74) is -1.02. The van der Waals surface area contributed by atoms with Crippen LogP contribution in [0.1, 0.15) is 10.4 Å². The summed E-state index contributed by atoms with van der Waals surface area (Å²) in [6.45, 7) is 0. The van der Waals surface area contributed by atoms with E-state index in [9.17, 15) is 18.0 Å². The lowest BCUT2D eigenvalue weighted by atomic mass is 10.1. The Morgan fingerprint density at radius 1 is 1.16 bits per heavy atom. The average Bonchev–Trinajstić information content (AvgIpc) is 2.37. The molecule has 0 amide bonds. The van der Waals surface area contributed by atoms with Crippen molar-refractivity contribution in [3.05, 3.63) is 53.5 Å². The van der Waals surface area contributed by atoms with Crippen LogP contribution in [0.4, 0.5) is 24.7 Å². The first-order valence-electron chi connectivity index (χ1n) is 5.09. The molecule has 2 aromatic rings. The molecular formula is C12H7F3N2O2. The van der Waals surface area contributed by atoms with Crippen molar-refractivity contribution in [1.82, 2.24) is 4.98 Å². The van der Waals surface area contributed by atoms with Gasteiger partial charge >= 0.3 is 5.97 Å². The van der Waals surface area contributed by atoms with Crippen LogP contribution < -0.4 is 5.32 Å². The number of carboxylic acid groups (broad SMARTS) is 1. The number of carbonyl (C=O) groups is 1. The maximum Gasteiger partial charge on any atom is 0.337 e. The summed E-state index contributed by atoms with van der Waals surface area (Å²) in [4.78, 5) is 14.5. The van der Waals surface area contributed by atoms with Gasteiger partial charge in [-0.3, -0.25) is 0 Å². The van der Waals surface area contributed by atoms with Crippen LogP contribution in [0.3, 0.4) is 0 Å². The second-order valence-corrected chi connectivity index (χ2v) is 3.58. The van der Waals surface area contributed by atoms with E-state index in [0.717, 1.165) is 18.3 Å². The molecule has 2 rings (SSSR count). The minimum atomic E-state index is -1.43. The molecule has 7 heteroatoms. The molecule has 98 valence electrons. The highest BCUT2D eigenvalue weighted by atomic mass is 19.2. The van der Waals surface area contributed by atoms with Crippen LogP contribution in [0.2, 0.25) is 0 Å². The highest BCUT2D eigenvalue weighted by Gasteiger charge is 2.18. The van der Waals surface area contributed by atoms with Crippen LogP contribution in [-0.4, -0.2) is 16.1 Å². The summed E-state index contributed by atoms with van der Waals surface area (Å²) in [6.07, 6.45) is 0.861. The van der Waals surface area contributed by atoms with Gasteiger partial charge in [-0.1, -0.05) is 0 Å². The zero-order valence-corrected chi connectivity index (χ0v) is 9.32. The number of nitrogens with one attached hydrogen (secondary N) is 1. The number of aromatic carboxylic acids is 1. The summed E-state index contributed by atoms with van der Waals surface area (Å²) in [6, 6.07) is 3.85. The maximum atomic E-state index is 13.6. The number of anilines is 2. The van der Waals surface area contributed by atoms with Gasteiger partial charge in [-0.15, -0.1) is 0 Å². The van der Waals surface area contributed by atoms with E-state index in [1.54, 1.807) is 0 Å². The van der Waals surface area contributed by atoms with Crippen LogP contribution in [-0.2, 0) is 0 Å². The topological polar surface area (TPSA) is 62.2 Å². The second kappa shape index (κ2) is 4.97. The third kappa shape index (κ3) is 2.65. The number of hydrogen-bond acceptors (Lipinski definition) is 3. The van der Waals surface area contributed by atoms with Crippen LogP contribution in [0.15, 0.2) is 30.5 Å². The van der Waals surface area contributed by atoms with E-state index in [4.69, 9.17) is 5.11 Å². The van der Waals surface area contributed by atoms with Crippen molar-refractivity contribution in [3.8, 4) is 0 Å². The Labute approximate surface area is 105 Å². The summed E-state index contributed by atoms with van der Waals surface area (Å²) in [5.74, 6) is -4.58. The van der Waals surface area contributed by atoms with E-state index in [-0.39, 0.29) is 5.82 Å². The van der Waals surface area contributed by atoms with Gasteiger partial charge < -0.3 is 10.4 Å². The molecule has 1 aromatic carbocycles. The highest BCUT2D eigenvalue weighted by molar-refractivity contribution is 5.95. The van der Waals surface area contributed by atoms with Gasteiger partial charge in [0.2, 0.25) is 0 Å². The second-order valence-electron chi connectivity index (χ2n) is 3.58. The molecule has 0 saturated heterocycles. The largest absolute Gasteiger partial charge is 0.478 e. The molecule has 1 heterocycles. The number of aromatic nitrogens is 1. The number of rotatable bonds is 3. The van der Waals surface area contributed by atoms with Gasteiger partial charge in [0.1, 0.15) is 11.6 Å². The zero-order valence-electron chi connectivity index (χ0n) is 9.32. The van der Waals surface area contributed by atoms with E-state index in [1.165, 1.54) is 6.07 Å². The zero-order chi connectivity index (χ0) is 14.0. The molecule has 0 saturated carbocycles. The van der Waals surface area contributed by atoms with E-state index >= 15 is 0 Å². The van der Waals surface area contributed by atoms with Crippen LogP contribution in [0.25, 0.3) is 0 Å². The number of benzene rings is 1. The van der Waals surface area contributed by atoms with Gasteiger partial charge in [0, 0.05) is 0 Å². The molecule has 0 atom stereocenters. The molecule has 19 heavy (non-hydrogen) atoms. The Morgan fingerprint density at radius 3 is 2.47 bits per heavy atom. The lowest BCUT2D eigenvalue weighted by molar-refractivity contribution is 0.0697. The first-order valence-corrected chi connectivity index (χ1v) is 5.09. The third-order valence-electron chi connectivity index (χ3n) is 2.31. The SMILES string of the molecule is O=C(O)c1ccc(F)c(F)c1Nc1ccc(F)cn1. The number of carboxylic acids is 1. The lowest BCUT2D eigenvalue weighted by Gasteiger charge is -2.10. The van der Waals surface area contributed by atoms with Gasteiger partial charge in [0.15, 0.2) is 11.6 Å². The van der Waals surface area contributed by atoms with Gasteiger partial charge in [-0.2, -0.15) is 0 Å². The molecular weight excluding hydrogens is 261 g/mol. The monoisotopic (exact) mass is 268 g/mol. The number of pyridine rings is 1. The molecule has 0 aliphatic heterocycles. The van der Waals surface area contributed by atoms with Crippen molar-refractivity contribution in [3.63, 3.8) is 0 Å². The van der Waals surface area contributed by atoms with Crippen LogP contribution >= 0.6 is 0 Å². The fourth-order valence-corrected chi connectivity index (χ4v) is 1.43. The van der Waals surface area contributed by atoms with Crippen molar-refractivity contribution in [2.75, 3.05) is 5.32 Å². The summed E-state index contributed by atoms with van der Waals surface area (Å²) < 4.78 is 39.3. The Kier molecular flexibility index (Phi) is 3.37. The quantitative estimate of drug-likeness (QED) is 0.898. The fourth-order valence-electron chi connectivity index (χ4n) is 1.43. The van der Waals surface area contributed by atoms with Gasteiger partial charge in [0.25, 0.3) is 0 Å². The Morgan fingerprint density at radius 2 is 1.89 bits per heavy atom. The van der Waals surface area contributed by atoms with Gasteiger partial charge in [-0.25, -0.2) is 22.9 Å². The summed E-state index contributed by atoms with van der Waals surface area (Å²) in [5, 5.41) is 11.2. The maximum absolute atomic E-state index is 13.6. The molecule has 0 fully saturated rings. The molecule has 2 N–H and O–H groups in total. The normalized spacial score (nSPS) is 10.3. The lowest BCUT2D eigenvalue weighted by Crippen LogP contribution is -2.07. The Bertz CT molecular complexity index is 630. The molecule has 1 aromatic heterocycles. The Balaban J connectivity index is 2.46. The number of halogens is 3. The molecule has 4 nitrogen and oxygen atoms in total. The van der Waals surface area contributed by atoms with Crippen molar-refractivity contribution >= 4 is 17.5 Å². The first-order chi connectivity index (χ1) is 8.99. The third-order valence-corrected chi connectivity index (χ3v) is 2.31. The Hall–Kier alpha value is -2.57. The van der Waals surface area contributed by atoms with Crippen molar-refractivity contribution in [2.45, 2.75) is 0 Å². The highest BCUT2D eigenvalue weighted by Crippen LogP contribution is 2.25. The van der Waals surface area contributed by atoms with Crippen LogP contribution in [0, 0.1) is 17.5 Å². The van der Waals surface area contributed by atoms with E-state index < -0.39 is 34.7 Å². The minimum absolute atomic E-state index is 0.00611. The average molecular weight is 268 g/mol. The molecule has 0 unspecified atom stereocenters. The molecule has 0 bridgehead atoms. The summed E-state index contributed by atoms with van der Waals surface area (Å²) in [7, 11) is 0. The fraction of sp³-hybridized carbons (Fsp3) is 0. The predicted molar refractivity (Wildman–Crippen MR) is 60.8 cm³/mol. The van der Waals surface area contributed by atoms with E-state index in [0.29, 0.717) is 6.07 Å². The van der Waals surface area contributed by atoms with Gasteiger partial charge in [-0.05, 0) is 24.3 Å². The predicted octanol–water partition coefficient (Wildman–Crippen LogP) is 2.94. The number of nitrogens with zero attached hydrogens (tertiary/aromatic N) is 1. The molecule has 0 radical (unpaired) electrons. The van der Waals surface area contributed by atoms with Crippen LogP contribution in [0.5, 0.6) is 0 Å². The van der Waals surface area contributed by atoms with Crippen molar-refractivity contribution < 1.29 is 23.1 Å². The smallest absolute Gasteiger partial charge is 0.337 e. The standard InChI is InChI=1S/C12H7F3N2O2/c13-6-1-4-9(16-5-6)17-11-7(12(18)19)2-3-8(14)10(11)15/h1-5H,(H,16,17)(H,18,19). The van der Waals surface area contributed by atoms with Crippen molar-refractivity contribution in [2.24, 2.45) is 0 Å². The first kappa shape index (κ1) is 12.9. The molecule has 0 aliphatic carbocycles.